The molecule has 0 radical (unpaired) electrons. The van der Waals surface area contributed by atoms with Crippen LogP contribution in [0.15, 0.2) is 67.0 Å². The third-order valence-corrected chi connectivity index (χ3v) is 5.56. The monoisotopic (exact) mass is 432 g/mol. The summed E-state index contributed by atoms with van der Waals surface area (Å²) in [5, 5.41) is 11.3. The van der Waals surface area contributed by atoms with Crippen molar-refractivity contribution in [3.63, 3.8) is 0 Å². The number of hydrogen-bond donors (Lipinski definition) is 2. The van der Waals surface area contributed by atoms with E-state index in [0.29, 0.717) is 16.4 Å². The van der Waals surface area contributed by atoms with Gasteiger partial charge in [0.2, 0.25) is 0 Å². The average Bonchev–Trinajstić information content (AvgIpc) is 3.23. The van der Waals surface area contributed by atoms with Gasteiger partial charge in [-0.1, -0.05) is 29.8 Å². The second-order valence-electron chi connectivity index (χ2n) is 7.39. The smallest absolute Gasteiger partial charge is 0.274 e. The van der Waals surface area contributed by atoms with Crippen molar-refractivity contribution >= 4 is 34.5 Å². The molecule has 1 aliphatic rings. The average molecular weight is 433 g/mol. The van der Waals surface area contributed by atoms with Crippen molar-refractivity contribution in [1.29, 1.82) is 0 Å². The molecule has 0 aliphatic carbocycles. The largest absolute Gasteiger partial charge is 0.369 e. The quantitative estimate of drug-likeness (QED) is 0.514. The van der Waals surface area contributed by atoms with Gasteiger partial charge in [-0.15, -0.1) is 0 Å². The van der Waals surface area contributed by atoms with E-state index in [-0.39, 0.29) is 5.91 Å². The normalized spacial score (nSPS) is 14.0. The van der Waals surface area contributed by atoms with Gasteiger partial charge in [-0.05, 0) is 42.0 Å². The molecule has 31 heavy (non-hydrogen) atoms. The maximum atomic E-state index is 12.9. The van der Waals surface area contributed by atoms with E-state index in [4.69, 9.17) is 11.6 Å². The number of hydrogen-bond acceptors (Lipinski definition) is 5. The van der Waals surface area contributed by atoms with Crippen LogP contribution < -0.4 is 15.5 Å². The van der Waals surface area contributed by atoms with Crippen molar-refractivity contribution in [1.82, 2.24) is 19.9 Å². The molecule has 1 fully saturated rings. The molecule has 2 aromatic carbocycles. The molecule has 0 spiro atoms. The van der Waals surface area contributed by atoms with Crippen LogP contribution in [0.25, 0.3) is 16.8 Å². The third-order valence-electron chi connectivity index (χ3n) is 5.32. The zero-order valence-corrected chi connectivity index (χ0v) is 17.5. The van der Waals surface area contributed by atoms with Gasteiger partial charge in [-0.25, -0.2) is 9.50 Å². The van der Waals surface area contributed by atoms with Gasteiger partial charge in [0.05, 0.1) is 6.20 Å². The summed E-state index contributed by atoms with van der Waals surface area (Å²) < 4.78 is 1.65. The highest BCUT2D eigenvalue weighted by Crippen LogP contribution is 2.26. The summed E-state index contributed by atoms with van der Waals surface area (Å²) in [4.78, 5) is 19.8. The fraction of sp³-hybridized carbons (Fsp3) is 0.174. The number of piperazine rings is 1. The van der Waals surface area contributed by atoms with Crippen molar-refractivity contribution in [3.05, 3.63) is 77.7 Å². The highest BCUT2D eigenvalue weighted by Gasteiger charge is 2.15. The number of fused-ring (bicyclic) bond motifs is 1. The lowest BCUT2D eigenvalue weighted by molar-refractivity contribution is 0.102. The summed E-state index contributed by atoms with van der Waals surface area (Å²) >= 11 is 6.14. The fourth-order valence-electron chi connectivity index (χ4n) is 3.75. The van der Waals surface area contributed by atoms with Gasteiger partial charge in [-0.2, -0.15) is 5.10 Å². The Morgan fingerprint density at radius 1 is 1.06 bits per heavy atom. The Balaban J connectivity index is 1.41. The number of benzene rings is 2. The molecule has 1 saturated heterocycles. The number of anilines is 2. The van der Waals surface area contributed by atoms with Crippen LogP contribution in [0.5, 0.6) is 0 Å². The highest BCUT2D eigenvalue weighted by molar-refractivity contribution is 6.30. The first kappa shape index (κ1) is 19.5. The van der Waals surface area contributed by atoms with E-state index < -0.39 is 0 Å². The molecule has 5 rings (SSSR count). The van der Waals surface area contributed by atoms with Crippen LogP contribution >= 0.6 is 11.6 Å². The number of nitrogens with one attached hydrogen (secondary N) is 2. The molecule has 0 atom stereocenters. The molecule has 2 aromatic heterocycles. The van der Waals surface area contributed by atoms with Gasteiger partial charge >= 0.3 is 0 Å². The summed E-state index contributed by atoms with van der Waals surface area (Å²) in [7, 11) is 0. The molecule has 8 heteroatoms. The Kier molecular flexibility index (Phi) is 5.28. The van der Waals surface area contributed by atoms with Gasteiger partial charge in [0.15, 0.2) is 5.65 Å². The number of carbonyl (C=O) groups excluding carboxylic acids is 1. The second-order valence-corrected chi connectivity index (χ2v) is 7.83. The minimum atomic E-state index is -0.266. The summed E-state index contributed by atoms with van der Waals surface area (Å²) in [6, 6.07) is 17.1. The number of nitrogens with zero attached hydrogens (tertiary/aromatic N) is 4. The summed E-state index contributed by atoms with van der Waals surface area (Å²) in [6.07, 6.45) is 3.47. The maximum absolute atomic E-state index is 12.9. The van der Waals surface area contributed by atoms with E-state index in [1.165, 1.54) is 0 Å². The summed E-state index contributed by atoms with van der Waals surface area (Å²) in [5.74, 6) is -0.266. The van der Waals surface area contributed by atoms with Gasteiger partial charge in [0.1, 0.15) is 5.69 Å². The molecular weight excluding hydrogens is 412 g/mol. The molecule has 4 aromatic rings. The number of rotatable bonds is 4. The van der Waals surface area contributed by atoms with Crippen molar-refractivity contribution in [2.75, 3.05) is 36.4 Å². The van der Waals surface area contributed by atoms with E-state index in [2.05, 4.69) is 31.7 Å². The molecule has 0 unspecified atom stereocenters. The summed E-state index contributed by atoms with van der Waals surface area (Å²) in [5.41, 5.74) is 4.48. The van der Waals surface area contributed by atoms with Crippen molar-refractivity contribution in [2.24, 2.45) is 0 Å². The van der Waals surface area contributed by atoms with Gasteiger partial charge < -0.3 is 15.5 Å². The predicted molar refractivity (Wildman–Crippen MR) is 123 cm³/mol. The number of aromatic nitrogens is 3. The van der Waals surface area contributed by atoms with Crippen LogP contribution in [0, 0.1) is 0 Å². The van der Waals surface area contributed by atoms with Gasteiger partial charge in [0.25, 0.3) is 5.91 Å². The third kappa shape index (κ3) is 4.10. The van der Waals surface area contributed by atoms with E-state index in [0.717, 1.165) is 48.7 Å². The fourth-order valence-corrected chi connectivity index (χ4v) is 3.94. The lowest BCUT2D eigenvalue weighted by Crippen LogP contribution is -2.43. The first-order valence-corrected chi connectivity index (χ1v) is 10.5. The Hall–Kier alpha value is -3.42. The zero-order chi connectivity index (χ0) is 21.2. The van der Waals surface area contributed by atoms with Crippen molar-refractivity contribution in [2.45, 2.75) is 0 Å². The van der Waals surface area contributed by atoms with Crippen LogP contribution in [-0.2, 0) is 0 Å². The van der Waals surface area contributed by atoms with E-state index in [1.54, 1.807) is 23.0 Å². The number of carbonyl (C=O) groups is 1. The molecule has 0 saturated carbocycles. The van der Waals surface area contributed by atoms with E-state index in [9.17, 15) is 4.79 Å². The van der Waals surface area contributed by atoms with Crippen LogP contribution in [0.4, 0.5) is 11.4 Å². The first-order valence-electron chi connectivity index (χ1n) is 10.1. The molecule has 7 nitrogen and oxygen atoms in total. The first-order chi connectivity index (χ1) is 15.2. The predicted octanol–water partition coefficient (Wildman–Crippen LogP) is 3.71. The molecule has 156 valence electrons. The molecule has 1 aliphatic heterocycles. The lowest BCUT2D eigenvalue weighted by atomic mass is 10.1. The van der Waals surface area contributed by atoms with Crippen molar-refractivity contribution in [3.8, 4) is 11.1 Å². The van der Waals surface area contributed by atoms with Gasteiger partial charge in [-0.3, -0.25) is 4.79 Å². The Labute approximate surface area is 184 Å². The minimum Gasteiger partial charge on any atom is -0.369 e. The van der Waals surface area contributed by atoms with Crippen molar-refractivity contribution < 1.29 is 4.79 Å². The molecule has 1 amide bonds. The summed E-state index contributed by atoms with van der Waals surface area (Å²) in [6.45, 7) is 3.81. The molecular formula is C23H21ClN6O. The molecule has 0 bridgehead atoms. The minimum absolute atomic E-state index is 0.266. The van der Waals surface area contributed by atoms with Gasteiger partial charge in [0, 0.05) is 54.3 Å². The topological polar surface area (TPSA) is 74.6 Å². The van der Waals surface area contributed by atoms with Crippen LogP contribution in [0.2, 0.25) is 5.02 Å². The van der Waals surface area contributed by atoms with Crippen LogP contribution in [0.1, 0.15) is 10.5 Å². The van der Waals surface area contributed by atoms with E-state index >= 15 is 0 Å². The highest BCUT2D eigenvalue weighted by atomic mass is 35.5. The Morgan fingerprint density at radius 2 is 1.90 bits per heavy atom. The Bertz CT molecular complexity index is 1250. The standard InChI is InChI=1S/C23H21ClN6O/c24-17-4-1-3-16(13-17)20-15-26-30-10-7-21(28-22(20)30)23(31)27-18-5-2-6-19(14-18)29-11-8-25-9-12-29/h1-7,10,13-15,25H,8-9,11-12H2,(H,27,31). The Morgan fingerprint density at radius 3 is 2.74 bits per heavy atom. The maximum Gasteiger partial charge on any atom is 0.274 e. The SMILES string of the molecule is O=C(Nc1cccc(N2CCNCC2)c1)c1ccn2ncc(-c3cccc(Cl)c3)c2n1. The lowest BCUT2D eigenvalue weighted by Gasteiger charge is -2.29. The molecule has 3 heterocycles. The van der Waals surface area contributed by atoms with Crippen LogP contribution in [0.3, 0.4) is 0 Å². The second kappa shape index (κ2) is 8.37. The number of amides is 1. The zero-order valence-electron chi connectivity index (χ0n) is 16.8. The number of halogens is 1. The van der Waals surface area contributed by atoms with E-state index in [1.807, 2.05) is 42.5 Å². The molecule has 2 N–H and O–H groups in total. The van der Waals surface area contributed by atoms with Crippen LogP contribution in [-0.4, -0.2) is 46.7 Å².